The number of ketones is 1. The SMILES string of the molecule is O=C1NCCOc2ccc(C(=O)C3CCNCC3)cc21. The van der Waals surface area contributed by atoms with E-state index >= 15 is 0 Å². The predicted molar refractivity (Wildman–Crippen MR) is 74.2 cm³/mol. The lowest BCUT2D eigenvalue weighted by Crippen LogP contribution is -2.32. The first-order chi connectivity index (χ1) is 9.75. The summed E-state index contributed by atoms with van der Waals surface area (Å²) in [6.45, 7) is 2.71. The van der Waals surface area contributed by atoms with Crippen molar-refractivity contribution in [2.24, 2.45) is 5.92 Å². The summed E-state index contributed by atoms with van der Waals surface area (Å²) in [4.78, 5) is 24.4. The molecule has 2 aliphatic heterocycles. The Morgan fingerprint density at radius 1 is 1.20 bits per heavy atom. The van der Waals surface area contributed by atoms with Gasteiger partial charge in [-0.15, -0.1) is 0 Å². The smallest absolute Gasteiger partial charge is 0.255 e. The Morgan fingerprint density at radius 2 is 2.00 bits per heavy atom. The van der Waals surface area contributed by atoms with Crippen LogP contribution in [0.15, 0.2) is 18.2 Å². The topological polar surface area (TPSA) is 67.4 Å². The summed E-state index contributed by atoms with van der Waals surface area (Å²) in [5.41, 5.74) is 1.07. The van der Waals surface area contributed by atoms with E-state index in [0.717, 1.165) is 25.9 Å². The second-order valence-corrected chi connectivity index (χ2v) is 5.20. The van der Waals surface area contributed by atoms with E-state index in [1.165, 1.54) is 0 Å². The molecule has 2 heterocycles. The van der Waals surface area contributed by atoms with Crippen molar-refractivity contribution in [3.63, 3.8) is 0 Å². The van der Waals surface area contributed by atoms with Crippen LogP contribution >= 0.6 is 0 Å². The number of Topliss-reactive ketones (excluding diaryl/α,β-unsaturated/α-hetero) is 1. The molecule has 1 aromatic rings. The quantitative estimate of drug-likeness (QED) is 0.789. The van der Waals surface area contributed by atoms with E-state index in [9.17, 15) is 9.59 Å². The standard InChI is InChI=1S/C15H18N2O3/c18-14(10-3-5-16-6-4-10)11-1-2-13-12(9-11)15(19)17-7-8-20-13/h1-2,9-10,16H,3-8H2,(H,17,19). The summed E-state index contributed by atoms with van der Waals surface area (Å²) in [5.74, 6) is 0.578. The maximum absolute atomic E-state index is 12.5. The van der Waals surface area contributed by atoms with Crippen molar-refractivity contribution in [1.82, 2.24) is 10.6 Å². The van der Waals surface area contributed by atoms with Crippen molar-refractivity contribution in [3.8, 4) is 5.75 Å². The van der Waals surface area contributed by atoms with Gasteiger partial charge in [-0.3, -0.25) is 9.59 Å². The van der Waals surface area contributed by atoms with Crippen LogP contribution in [0.3, 0.4) is 0 Å². The number of carbonyl (C=O) groups excluding carboxylic acids is 2. The number of carbonyl (C=O) groups is 2. The number of benzene rings is 1. The highest BCUT2D eigenvalue weighted by Crippen LogP contribution is 2.25. The average Bonchev–Trinajstić information content (AvgIpc) is 2.69. The predicted octanol–water partition coefficient (Wildman–Crippen LogP) is 0.991. The average molecular weight is 274 g/mol. The number of hydrogen-bond donors (Lipinski definition) is 2. The van der Waals surface area contributed by atoms with Gasteiger partial charge in [0, 0.05) is 11.5 Å². The molecule has 20 heavy (non-hydrogen) atoms. The van der Waals surface area contributed by atoms with Gasteiger partial charge >= 0.3 is 0 Å². The molecule has 3 rings (SSSR count). The van der Waals surface area contributed by atoms with E-state index in [2.05, 4.69) is 10.6 Å². The molecule has 5 nitrogen and oxygen atoms in total. The molecule has 5 heteroatoms. The number of fused-ring (bicyclic) bond motifs is 1. The van der Waals surface area contributed by atoms with Crippen LogP contribution in [-0.2, 0) is 0 Å². The van der Waals surface area contributed by atoms with E-state index in [0.29, 0.717) is 30.0 Å². The van der Waals surface area contributed by atoms with Crippen molar-refractivity contribution < 1.29 is 14.3 Å². The maximum atomic E-state index is 12.5. The highest BCUT2D eigenvalue weighted by Gasteiger charge is 2.24. The number of ether oxygens (including phenoxy) is 1. The fourth-order valence-electron chi connectivity index (χ4n) is 2.73. The minimum absolute atomic E-state index is 0.0593. The third-order valence-electron chi connectivity index (χ3n) is 3.86. The Kier molecular flexibility index (Phi) is 3.69. The lowest BCUT2D eigenvalue weighted by Gasteiger charge is -2.21. The van der Waals surface area contributed by atoms with Crippen molar-refractivity contribution in [2.75, 3.05) is 26.2 Å². The highest BCUT2D eigenvalue weighted by atomic mass is 16.5. The Balaban J connectivity index is 1.87. The summed E-state index contributed by atoms with van der Waals surface area (Å²) in [6, 6.07) is 5.16. The van der Waals surface area contributed by atoms with Gasteiger partial charge in [0.2, 0.25) is 0 Å². The van der Waals surface area contributed by atoms with Crippen molar-refractivity contribution >= 4 is 11.7 Å². The Labute approximate surface area is 117 Å². The van der Waals surface area contributed by atoms with Crippen molar-refractivity contribution in [1.29, 1.82) is 0 Å². The van der Waals surface area contributed by atoms with Gasteiger partial charge in [-0.2, -0.15) is 0 Å². The number of piperidine rings is 1. The van der Waals surface area contributed by atoms with Gasteiger partial charge in [0.15, 0.2) is 5.78 Å². The monoisotopic (exact) mass is 274 g/mol. The van der Waals surface area contributed by atoms with Gasteiger partial charge in [0.05, 0.1) is 12.1 Å². The summed E-state index contributed by atoms with van der Waals surface area (Å²) in [7, 11) is 0. The Morgan fingerprint density at radius 3 is 2.80 bits per heavy atom. The van der Waals surface area contributed by atoms with Crippen LogP contribution in [0.1, 0.15) is 33.6 Å². The van der Waals surface area contributed by atoms with Gasteiger partial charge in [0.1, 0.15) is 12.4 Å². The zero-order valence-corrected chi connectivity index (χ0v) is 11.3. The van der Waals surface area contributed by atoms with E-state index in [1.807, 2.05) is 0 Å². The van der Waals surface area contributed by atoms with Crippen LogP contribution in [0.4, 0.5) is 0 Å². The largest absolute Gasteiger partial charge is 0.491 e. The molecule has 2 N–H and O–H groups in total. The minimum Gasteiger partial charge on any atom is -0.491 e. The fraction of sp³-hybridized carbons (Fsp3) is 0.467. The summed E-state index contributed by atoms with van der Waals surface area (Å²) in [5, 5.41) is 6.01. The normalized spacial score (nSPS) is 19.5. The molecule has 0 unspecified atom stereocenters. The molecule has 0 atom stereocenters. The van der Waals surface area contributed by atoms with Crippen LogP contribution in [0.2, 0.25) is 0 Å². The van der Waals surface area contributed by atoms with Crippen LogP contribution < -0.4 is 15.4 Å². The molecular formula is C15H18N2O3. The molecule has 0 radical (unpaired) electrons. The molecule has 0 aliphatic carbocycles. The van der Waals surface area contributed by atoms with Gasteiger partial charge in [-0.05, 0) is 44.1 Å². The van der Waals surface area contributed by atoms with E-state index < -0.39 is 0 Å². The molecule has 1 amide bonds. The van der Waals surface area contributed by atoms with E-state index in [4.69, 9.17) is 4.74 Å². The molecule has 0 spiro atoms. The Hall–Kier alpha value is -1.88. The molecule has 0 bridgehead atoms. The number of nitrogens with one attached hydrogen (secondary N) is 2. The van der Waals surface area contributed by atoms with Crippen molar-refractivity contribution in [2.45, 2.75) is 12.8 Å². The minimum atomic E-state index is -0.169. The van der Waals surface area contributed by atoms with Gasteiger partial charge in [-0.25, -0.2) is 0 Å². The molecule has 0 saturated carbocycles. The fourth-order valence-corrected chi connectivity index (χ4v) is 2.73. The summed E-state index contributed by atoms with van der Waals surface area (Å²) >= 11 is 0. The maximum Gasteiger partial charge on any atom is 0.255 e. The third-order valence-corrected chi connectivity index (χ3v) is 3.86. The molecule has 106 valence electrons. The van der Waals surface area contributed by atoms with Gasteiger partial charge in [-0.1, -0.05) is 0 Å². The molecule has 1 aromatic carbocycles. The van der Waals surface area contributed by atoms with Gasteiger partial charge in [0.25, 0.3) is 5.91 Å². The van der Waals surface area contributed by atoms with Crippen molar-refractivity contribution in [3.05, 3.63) is 29.3 Å². The zero-order valence-electron chi connectivity index (χ0n) is 11.3. The molecular weight excluding hydrogens is 256 g/mol. The van der Waals surface area contributed by atoms with E-state index in [1.54, 1.807) is 18.2 Å². The second-order valence-electron chi connectivity index (χ2n) is 5.20. The molecule has 1 saturated heterocycles. The first kappa shape index (κ1) is 13.1. The van der Waals surface area contributed by atoms with Crippen LogP contribution in [0, 0.1) is 5.92 Å². The Bertz CT molecular complexity index is 536. The first-order valence-electron chi connectivity index (χ1n) is 7.05. The number of amides is 1. The third kappa shape index (κ3) is 2.54. The first-order valence-corrected chi connectivity index (χ1v) is 7.05. The molecule has 2 aliphatic rings. The number of hydrogen-bond acceptors (Lipinski definition) is 4. The molecule has 1 fully saturated rings. The summed E-state index contributed by atoms with van der Waals surface area (Å²) < 4.78 is 5.49. The highest BCUT2D eigenvalue weighted by molar-refractivity contribution is 6.03. The zero-order chi connectivity index (χ0) is 13.9. The van der Waals surface area contributed by atoms with Crippen LogP contribution in [0.5, 0.6) is 5.75 Å². The van der Waals surface area contributed by atoms with E-state index in [-0.39, 0.29) is 17.6 Å². The van der Waals surface area contributed by atoms with Gasteiger partial charge < -0.3 is 15.4 Å². The second kappa shape index (κ2) is 5.63. The number of rotatable bonds is 2. The lowest BCUT2D eigenvalue weighted by molar-refractivity contribution is 0.0895. The lowest BCUT2D eigenvalue weighted by atomic mass is 9.89. The van der Waals surface area contributed by atoms with Crippen LogP contribution in [0.25, 0.3) is 0 Å². The summed E-state index contributed by atoms with van der Waals surface area (Å²) in [6.07, 6.45) is 1.72. The molecule has 0 aromatic heterocycles. The van der Waals surface area contributed by atoms with Crippen LogP contribution in [-0.4, -0.2) is 37.9 Å².